The van der Waals surface area contributed by atoms with Crippen LogP contribution in [0.2, 0.25) is 0 Å². The van der Waals surface area contributed by atoms with Gasteiger partial charge < -0.3 is 30.1 Å². The van der Waals surface area contributed by atoms with Crippen molar-refractivity contribution in [3.05, 3.63) is 123 Å². The highest BCUT2D eigenvalue weighted by molar-refractivity contribution is 9.11. The highest BCUT2D eigenvalue weighted by Gasteiger charge is 2.40. The number of sulfonamides is 1. The van der Waals surface area contributed by atoms with E-state index in [1.807, 2.05) is 50.3 Å². The van der Waals surface area contributed by atoms with Gasteiger partial charge in [0.25, 0.3) is 0 Å². The Hall–Kier alpha value is -4.59. The second-order valence-corrected chi connectivity index (χ2v) is 20.3. The molecule has 3 unspecified atom stereocenters. The first-order valence-corrected chi connectivity index (χ1v) is 24.7. The summed E-state index contributed by atoms with van der Waals surface area (Å²) in [5.74, 6) is 2.48. The summed E-state index contributed by atoms with van der Waals surface area (Å²) in [5, 5.41) is 15.8. The molecule has 2 aromatic rings. The lowest BCUT2D eigenvalue weighted by Gasteiger charge is -2.27. The molecule has 3 atom stereocenters. The lowest BCUT2D eigenvalue weighted by Crippen LogP contribution is -2.44. The van der Waals surface area contributed by atoms with E-state index in [2.05, 4.69) is 77.2 Å². The molecular weight excluding hydrogens is 881 g/mol. The number of carboxylic acids is 1. The Labute approximate surface area is 384 Å². The number of nitrogens with zero attached hydrogens (tertiary/aromatic N) is 1. The zero-order valence-corrected chi connectivity index (χ0v) is 40.4. The van der Waals surface area contributed by atoms with Crippen LogP contribution in [0, 0.1) is 11.8 Å². The molecule has 0 spiro atoms. The molecule has 3 aliphatic carbocycles. The van der Waals surface area contributed by atoms with Gasteiger partial charge in [0.15, 0.2) is 0 Å². The quantitative estimate of drug-likeness (QED) is 0.129. The van der Waals surface area contributed by atoms with Crippen molar-refractivity contribution in [1.82, 2.24) is 14.9 Å². The predicted octanol–water partition coefficient (Wildman–Crippen LogP) is 10.6. The summed E-state index contributed by atoms with van der Waals surface area (Å²) in [6.07, 6.45) is 19.6. The van der Waals surface area contributed by atoms with E-state index in [1.165, 1.54) is 17.7 Å². The molecule has 63 heavy (non-hydrogen) atoms. The molecule has 0 aromatic heterocycles. The molecule has 0 radical (unpaired) electrons. The summed E-state index contributed by atoms with van der Waals surface area (Å²) in [7, 11) is -2.22. The number of amides is 1. The molecule has 4 N–H and O–H groups in total. The van der Waals surface area contributed by atoms with Gasteiger partial charge in [-0.2, -0.15) is 0 Å². The molecule has 342 valence electrons. The number of carbonyl (C=O) groups is 2. The summed E-state index contributed by atoms with van der Waals surface area (Å²) in [6.45, 7) is 13.1. The first-order valence-electron chi connectivity index (χ1n) is 22.3. The van der Waals surface area contributed by atoms with Crippen molar-refractivity contribution in [2.24, 2.45) is 11.8 Å². The highest BCUT2D eigenvalue weighted by atomic mass is 79.9. The molecule has 6 rings (SSSR count). The third-order valence-electron chi connectivity index (χ3n) is 12.3. The van der Waals surface area contributed by atoms with E-state index in [4.69, 9.17) is 9.47 Å². The van der Waals surface area contributed by atoms with Crippen LogP contribution in [0.25, 0.3) is 0 Å². The second kappa shape index (κ2) is 23.4. The Morgan fingerprint density at radius 3 is 2.35 bits per heavy atom. The van der Waals surface area contributed by atoms with Crippen LogP contribution in [0.1, 0.15) is 115 Å². The Kier molecular flexibility index (Phi) is 18.3. The third-order valence-corrected chi connectivity index (χ3v) is 15.0. The number of methoxy groups -OCH3 is 1. The van der Waals surface area contributed by atoms with Crippen LogP contribution in [0.15, 0.2) is 112 Å². The van der Waals surface area contributed by atoms with Gasteiger partial charge in [-0.1, -0.05) is 85.6 Å². The molecule has 1 heterocycles. The van der Waals surface area contributed by atoms with Crippen LogP contribution in [0.3, 0.4) is 0 Å². The Morgan fingerprint density at radius 2 is 1.73 bits per heavy atom. The van der Waals surface area contributed by atoms with Crippen molar-refractivity contribution in [2.45, 2.75) is 123 Å². The normalized spacial score (nSPS) is 20.9. The SMILES string of the molecule is C/C=C\C=C1\C(C)=CCCCC1S(=O)(=O)NC1CC(COc2ccc(C(=O)O)cc2)N(C(=O)Cc2ccc(NC(NC3=C(Br)CCC=C3)=C3CCC3)c(OC)c2)C1.CC(C)C(C)C. The van der Waals surface area contributed by atoms with Crippen molar-refractivity contribution in [3.8, 4) is 11.5 Å². The monoisotopic (exact) mass is 946 g/mol. The summed E-state index contributed by atoms with van der Waals surface area (Å²) in [5.41, 5.74) is 5.73. The maximum Gasteiger partial charge on any atom is 0.335 e. The van der Waals surface area contributed by atoms with E-state index in [0.717, 1.165) is 95.2 Å². The maximum absolute atomic E-state index is 14.2. The number of anilines is 1. The lowest BCUT2D eigenvalue weighted by atomic mass is 9.92. The largest absolute Gasteiger partial charge is 0.495 e. The molecule has 0 bridgehead atoms. The molecule has 1 saturated carbocycles. The Bertz CT molecular complexity index is 2210. The highest BCUT2D eigenvalue weighted by Crippen LogP contribution is 2.35. The maximum atomic E-state index is 14.2. The van der Waals surface area contributed by atoms with Gasteiger partial charge in [-0.3, -0.25) is 4.79 Å². The van der Waals surface area contributed by atoms with E-state index < -0.39 is 33.3 Å². The number of carbonyl (C=O) groups excluding carboxylic acids is 1. The van der Waals surface area contributed by atoms with Gasteiger partial charge in [0, 0.05) is 22.8 Å². The molecular formula is C50H67BrN4O7S. The van der Waals surface area contributed by atoms with Crippen LogP contribution in [0.5, 0.6) is 11.5 Å². The van der Waals surface area contributed by atoms with Crippen LogP contribution in [0.4, 0.5) is 5.69 Å². The van der Waals surface area contributed by atoms with Gasteiger partial charge in [0.1, 0.15) is 29.2 Å². The average Bonchev–Trinajstić information content (AvgIpc) is 3.52. The number of aromatic carboxylic acids is 1. The van der Waals surface area contributed by atoms with Gasteiger partial charge in [-0.25, -0.2) is 17.9 Å². The van der Waals surface area contributed by atoms with Crippen molar-refractivity contribution >= 4 is 43.5 Å². The fourth-order valence-corrected chi connectivity index (χ4v) is 9.96. The molecule has 4 aliphatic rings. The van der Waals surface area contributed by atoms with E-state index in [0.29, 0.717) is 24.3 Å². The molecule has 11 nitrogen and oxygen atoms in total. The summed E-state index contributed by atoms with van der Waals surface area (Å²) < 4.78 is 44.2. The minimum Gasteiger partial charge on any atom is -0.495 e. The number of hydrogen-bond donors (Lipinski definition) is 4. The van der Waals surface area contributed by atoms with Gasteiger partial charge in [-0.05, 0) is 143 Å². The Balaban J connectivity index is 0.00000116. The van der Waals surface area contributed by atoms with Crippen molar-refractivity contribution in [1.29, 1.82) is 0 Å². The third kappa shape index (κ3) is 13.9. The molecule has 1 saturated heterocycles. The minimum absolute atomic E-state index is 0.0690. The summed E-state index contributed by atoms with van der Waals surface area (Å²) in [6, 6.07) is 10.8. The van der Waals surface area contributed by atoms with Crippen molar-refractivity contribution in [3.63, 3.8) is 0 Å². The number of rotatable bonds is 16. The zero-order valence-electron chi connectivity index (χ0n) is 38.0. The zero-order chi connectivity index (χ0) is 45.7. The van der Waals surface area contributed by atoms with E-state index in [1.54, 1.807) is 24.1 Å². The van der Waals surface area contributed by atoms with Gasteiger partial charge >= 0.3 is 5.97 Å². The smallest absolute Gasteiger partial charge is 0.335 e. The number of ether oxygens (including phenoxy) is 2. The van der Waals surface area contributed by atoms with Crippen LogP contribution in [-0.4, -0.2) is 67.9 Å². The van der Waals surface area contributed by atoms with Crippen LogP contribution >= 0.6 is 15.9 Å². The molecule has 1 aliphatic heterocycles. The summed E-state index contributed by atoms with van der Waals surface area (Å²) >= 11 is 3.72. The minimum atomic E-state index is -3.82. The molecule has 2 fully saturated rings. The predicted molar refractivity (Wildman–Crippen MR) is 257 cm³/mol. The Morgan fingerprint density at radius 1 is 1.00 bits per heavy atom. The number of likely N-dealkylation sites (tertiary alicyclic amines) is 1. The van der Waals surface area contributed by atoms with Crippen LogP contribution in [-0.2, 0) is 21.2 Å². The molecule has 2 aromatic carbocycles. The van der Waals surface area contributed by atoms with Crippen LogP contribution < -0.4 is 24.8 Å². The fourth-order valence-electron chi connectivity index (χ4n) is 7.63. The van der Waals surface area contributed by atoms with E-state index >= 15 is 0 Å². The number of carboxylic acid groups (broad SMARTS) is 1. The van der Waals surface area contributed by atoms with E-state index in [9.17, 15) is 23.1 Å². The summed E-state index contributed by atoms with van der Waals surface area (Å²) in [4.78, 5) is 27.3. The first kappa shape index (κ1) is 49.4. The topological polar surface area (TPSA) is 146 Å². The van der Waals surface area contributed by atoms with Crippen molar-refractivity contribution in [2.75, 3.05) is 25.6 Å². The van der Waals surface area contributed by atoms with Crippen molar-refractivity contribution < 1.29 is 32.6 Å². The van der Waals surface area contributed by atoms with Gasteiger partial charge in [-0.15, -0.1) is 0 Å². The van der Waals surface area contributed by atoms with Gasteiger partial charge in [0.05, 0.1) is 30.8 Å². The average molecular weight is 948 g/mol. The number of hydrogen-bond acceptors (Lipinski definition) is 8. The second-order valence-electron chi connectivity index (χ2n) is 17.4. The fraction of sp³-hybridized carbons (Fsp3) is 0.480. The number of benzene rings is 2. The standard InChI is InChI=1S/C44H53BrN4O7S.C6H14/c1-4-5-14-36-29(2)11-6-9-17-41(36)57(53,54)48-33-26-34(28-56-35-21-19-32(20-22-35)44(51)52)49(27-33)42(50)25-30-18-23-39(40(24-30)55-3)47-43(31-12-10-13-31)46-38-16-8-7-15-37(38)45;1-5(2)6(3)4/h4-5,8,11,14,16,18-24,33-34,41,46-48H,6-7,9-10,12-13,15,17,25-28H2,1-3H3,(H,51,52);5-6H,1-4H3/b5-4-,36-14-;. The lowest BCUT2D eigenvalue weighted by molar-refractivity contribution is -0.131. The number of halogens is 1. The number of allylic oxidation sites excluding steroid dienone is 9. The van der Waals surface area contributed by atoms with Gasteiger partial charge in [0.2, 0.25) is 15.9 Å². The first-order chi connectivity index (χ1) is 30.1. The molecule has 13 heteroatoms. The van der Waals surface area contributed by atoms with E-state index in [-0.39, 0.29) is 31.0 Å². The number of nitrogens with one attached hydrogen (secondary N) is 3. The molecule has 1 amide bonds.